The van der Waals surface area contributed by atoms with Crippen molar-refractivity contribution < 1.29 is 15.9 Å². The summed E-state index contributed by atoms with van der Waals surface area (Å²) >= 11 is 0.410. The van der Waals surface area contributed by atoms with Crippen molar-refractivity contribution >= 4 is 26.2 Å². The normalized spacial score (nSPS) is 11.4. The third kappa shape index (κ3) is 3.26. The van der Waals surface area contributed by atoms with Crippen LogP contribution in [0.1, 0.15) is 11.3 Å². The molecule has 0 amide bonds. The molecule has 0 aliphatic heterocycles. The van der Waals surface area contributed by atoms with Crippen molar-refractivity contribution in [3.8, 4) is 16.9 Å². The Hall–Kier alpha value is -1.12. The van der Waals surface area contributed by atoms with Crippen LogP contribution in [-0.2, 0) is 6.18 Å². The fourth-order valence-electron chi connectivity index (χ4n) is 1.65. The first-order valence-electron chi connectivity index (χ1n) is 5.39. The van der Waals surface area contributed by atoms with Gasteiger partial charge in [0.1, 0.15) is 0 Å². The molecule has 0 fully saturated rings. The second-order valence-corrected chi connectivity index (χ2v) is 4.79. The first kappa shape index (κ1) is 14.3. The first-order chi connectivity index (χ1) is 8.91. The number of hydrogen-bond donors (Lipinski definition) is 0. The van der Waals surface area contributed by atoms with Crippen molar-refractivity contribution in [2.24, 2.45) is 0 Å². The molecule has 0 saturated heterocycles. The monoisotopic (exact) mass is 460 g/mol. The van der Waals surface area contributed by atoms with Crippen molar-refractivity contribution in [1.29, 1.82) is 0 Å². The van der Waals surface area contributed by atoms with E-state index in [1.807, 2.05) is 6.92 Å². The van der Waals surface area contributed by atoms with E-state index in [-0.39, 0.29) is 0 Å². The molecule has 0 aliphatic rings. The van der Waals surface area contributed by atoms with Crippen molar-refractivity contribution in [2.45, 2.75) is 13.1 Å². The number of aryl methyl sites for hydroxylation is 1. The number of pyridine rings is 1. The van der Waals surface area contributed by atoms with Crippen LogP contribution >= 0.6 is 0 Å². The minimum absolute atomic E-state index is 0.410. The maximum absolute atomic E-state index is 12.7. The summed E-state index contributed by atoms with van der Waals surface area (Å²) in [4.78, 5) is 4.10. The standard InChI is InChI=1S/C13H10F3NO.Pb/c1-8-2-3-9(7-17-8)11-6-10(13(14,15)16)4-5-12(11)18;/h2-7,18H,1H3;/q;+1/p-1. The number of benzene rings is 1. The summed E-state index contributed by atoms with van der Waals surface area (Å²) < 4.78 is 43.4. The first-order valence-corrected chi connectivity index (χ1v) is 6.98. The third-order valence-electron chi connectivity index (χ3n) is 2.64. The Balaban J connectivity index is 2.56. The van der Waals surface area contributed by atoms with E-state index >= 15 is 0 Å². The van der Waals surface area contributed by atoms with Crippen LogP contribution in [0, 0.1) is 6.92 Å². The van der Waals surface area contributed by atoms with Gasteiger partial charge in [-0.05, 0) is 0 Å². The zero-order valence-electron chi connectivity index (χ0n) is 9.95. The molecule has 0 atom stereocenters. The van der Waals surface area contributed by atoms with Crippen molar-refractivity contribution in [3.05, 3.63) is 47.8 Å². The zero-order valence-corrected chi connectivity index (χ0v) is 13.8. The Bertz CT molecular complexity index is 581. The van der Waals surface area contributed by atoms with Gasteiger partial charge in [-0.25, -0.2) is 0 Å². The van der Waals surface area contributed by atoms with Gasteiger partial charge >= 0.3 is 125 Å². The predicted molar refractivity (Wildman–Crippen MR) is 65.8 cm³/mol. The predicted octanol–water partition coefficient (Wildman–Crippen LogP) is 3.54. The second-order valence-electron chi connectivity index (χ2n) is 4.00. The van der Waals surface area contributed by atoms with Gasteiger partial charge in [0.15, 0.2) is 0 Å². The molecule has 1 aromatic heterocycles. The quantitative estimate of drug-likeness (QED) is 0.642. The molecule has 19 heavy (non-hydrogen) atoms. The SMILES string of the molecule is Cc1ccc(-c2cc(C(F)(F)F)ccc2[O][Pb])cn1. The number of hydrogen-bond acceptors (Lipinski definition) is 2. The fourth-order valence-corrected chi connectivity index (χ4v) is 2.34. The average Bonchev–Trinajstić information content (AvgIpc) is 2.38. The van der Waals surface area contributed by atoms with E-state index in [0.29, 0.717) is 43.1 Å². The summed E-state index contributed by atoms with van der Waals surface area (Å²) in [5.41, 5.74) is 1.15. The molecule has 2 nitrogen and oxygen atoms in total. The van der Waals surface area contributed by atoms with Crippen molar-refractivity contribution in [1.82, 2.24) is 4.98 Å². The molecule has 0 unspecified atom stereocenters. The zero-order chi connectivity index (χ0) is 14.0. The Morgan fingerprint density at radius 3 is 2.42 bits per heavy atom. The van der Waals surface area contributed by atoms with Crippen LogP contribution in [-0.4, -0.2) is 31.2 Å². The van der Waals surface area contributed by atoms with Crippen molar-refractivity contribution in [2.75, 3.05) is 0 Å². The van der Waals surface area contributed by atoms with Gasteiger partial charge < -0.3 is 0 Å². The molecule has 0 aliphatic carbocycles. The molecule has 0 saturated carbocycles. The summed E-state index contributed by atoms with van der Waals surface area (Å²) in [6, 6.07) is 6.97. The number of aromatic nitrogens is 1. The summed E-state index contributed by atoms with van der Waals surface area (Å²) in [6.07, 6.45) is -2.81. The van der Waals surface area contributed by atoms with Gasteiger partial charge in [-0.3, -0.25) is 0 Å². The molecular weight excluding hydrogens is 450 g/mol. The van der Waals surface area contributed by atoms with Crippen LogP contribution < -0.4 is 2.69 Å². The summed E-state index contributed by atoms with van der Waals surface area (Å²) in [5, 5.41) is 0. The van der Waals surface area contributed by atoms with E-state index in [4.69, 9.17) is 2.69 Å². The van der Waals surface area contributed by atoms with Crippen LogP contribution in [0.5, 0.6) is 5.75 Å². The Labute approximate surface area is 125 Å². The van der Waals surface area contributed by atoms with Gasteiger partial charge in [0, 0.05) is 0 Å². The van der Waals surface area contributed by atoms with E-state index in [2.05, 4.69) is 4.98 Å². The van der Waals surface area contributed by atoms with E-state index in [1.165, 1.54) is 6.07 Å². The molecule has 0 spiro atoms. The average molecular weight is 459 g/mol. The molecule has 0 bridgehead atoms. The maximum atomic E-state index is 12.7. The van der Waals surface area contributed by atoms with Crippen LogP contribution in [0.3, 0.4) is 0 Å². The number of alkyl halides is 3. The van der Waals surface area contributed by atoms with Gasteiger partial charge in [-0.15, -0.1) is 0 Å². The molecule has 2 aromatic rings. The molecular formula is C13H9F3NOPb. The number of nitrogens with zero attached hydrogens (tertiary/aromatic N) is 1. The number of halogens is 3. The second kappa shape index (κ2) is 5.48. The van der Waals surface area contributed by atoms with Gasteiger partial charge in [0.2, 0.25) is 0 Å². The van der Waals surface area contributed by atoms with Crippen molar-refractivity contribution in [3.63, 3.8) is 0 Å². The van der Waals surface area contributed by atoms with E-state index in [1.54, 1.807) is 18.3 Å². The van der Waals surface area contributed by atoms with Gasteiger partial charge in [0.05, 0.1) is 0 Å². The molecule has 2 rings (SSSR count). The molecule has 97 valence electrons. The Morgan fingerprint density at radius 1 is 1.16 bits per heavy atom. The summed E-state index contributed by atoms with van der Waals surface area (Å²) in [6.45, 7) is 1.82. The third-order valence-corrected chi connectivity index (χ3v) is 3.49. The van der Waals surface area contributed by atoms with Gasteiger partial charge in [-0.2, -0.15) is 0 Å². The van der Waals surface area contributed by atoms with Gasteiger partial charge in [0.25, 0.3) is 0 Å². The van der Waals surface area contributed by atoms with Crippen LogP contribution in [0.15, 0.2) is 36.5 Å². The fraction of sp³-hybridized carbons (Fsp3) is 0.154. The van der Waals surface area contributed by atoms with E-state index in [9.17, 15) is 13.2 Å². The van der Waals surface area contributed by atoms with Gasteiger partial charge in [-0.1, -0.05) is 0 Å². The molecule has 1 heterocycles. The topological polar surface area (TPSA) is 22.1 Å². The Morgan fingerprint density at radius 2 is 1.89 bits per heavy atom. The summed E-state index contributed by atoms with van der Waals surface area (Å²) in [7, 11) is 0. The van der Waals surface area contributed by atoms with Crippen LogP contribution in [0.2, 0.25) is 0 Å². The van der Waals surface area contributed by atoms with E-state index < -0.39 is 11.7 Å². The minimum atomic E-state index is -4.36. The molecule has 3 radical (unpaired) electrons. The molecule has 0 N–H and O–H groups in total. The molecule has 1 aromatic carbocycles. The molecule has 6 heteroatoms. The van der Waals surface area contributed by atoms with E-state index in [0.717, 1.165) is 17.8 Å². The number of rotatable bonds is 2. The van der Waals surface area contributed by atoms with Crippen LogP contribution in [0.4, 0.5) is 13.2 Å². The Kier molecular flexibility index (Phi) is 4.12. The summed E-state index contributed by atoms with van der Waals surface area (Å²) in [5.74, 6) is 0.449. The van der Waals surface area contributed by atoms with Crippen LogP contribution in [0.25, 0.3) is 11.1 Å².